The number of aromatic amines is 1. The van der Waals surface area contributed by atoms with Gasteiger partial charge in [-0.25, -0.2) is 0 Å². The van der Waals surface area contributed by atoms with Gasteiger partial charge >= 0.3 is 0 Å². The summed E-state index contributed by atoms with van der Waals surface area (Å²) in [5.41, 5.74) is 1.76. The molecule has 2 aromatic rings. The van der Waals surface area contributed by atoms with Gasteiger partial charge in [0.25, 0.3) is 0 Å². The van der Waals surface area contributed by atoms with Crippen LogP contribution in [0.15, 0.2) is 30.5 Å². The lowest BCUT2D eigenvalue weighted by Crippen LogP contribution is -2.73. The van der Waals surface area contributed by atoms with E-state index in [0.717, 1.165) is 31.6 Å². The molecule has 0 bridgehead atoms. The third-order valence-corrected chi connectivity index (χ3v) is 6.72. The van der Waals surface area contributed by atoms with E-state index in [1.54, 1.807) is 0 Å². The molecule has 2 N–H and O–H groups in total. The highest BCUT2D eigenvalue weighted by Crippen LogP contribution is 2.35. The Labute approximate surface area is 179 Å². The number of rotatable bonds is 6. The molecule has 6 nitrogen and oxygen atoms in total. The molecule has 0 saturated carbocycles. The number of hydrogen-bond acceptors (Lipinski definition) is 3. The largest absolute Gasteiger partial charge is 0.361 e. The molecule has 2 aliphatic rings. The fourth-order valence-electron chi connectivity index (χ4n) is 5.14. The van der Waals surface area contributed by atoms with E-state index in [0.29, 0.717) is 31.7 Å². The van der Waals surface area contributed by atoms with Crippen LogP contribution in [0, 0.1) is 5.92 Å². The van der Waals surface area contributed by atoms with Crippen LogP contribution in [0.5, 0.6) is 0 Å². The number of carbonyl (C=O) groups excluding carboxylic acids is 2. The maximum Gasteiger partial charge on any atom is 0.246 e. The van der Waals surface area contributed by atoms with E-state index in [-0.39, 0.29) is 17.9 Å². The highest BCUT2D eigenvalue weighted by Gasteiger charge is 2.53. The minimum Gasteiger partial charge on any atom is -0.361 e. The van der Waals surface area contributed by atoms with Crippen LogP contribution in [-0.4, -0.2) is 57.8 Å². The Balaban J connectivity index is 1.48. The quantitative estimate of drug-likeness (QED) is 0.768. The van der Waals surface area contributed by atoms with Crippen molar-refractivity contribution in [3.63, 3.8) is 0 Å². The second-order valence-electron chi connectivity index (χ2n) is 9.31. The zero-order valence-electron chi connectivity index (χ0n) is 18.4. The van der Waals surface area contributed by atoms with Crippen molar-refractivity contribution < 1.29 is 9.59 Å². The van der Waals surface area contributed by atoms with Crippen molar-refractivity contribution in [1.82, 2.24) is 20.1 Å². The van der Waals surface area contributed by atoms with Crippen LogP contribution in [0.25, 0.3) is 10.9 Å². The van der Waals surface area contributed by atoms with Crippen LogP contribution in [0.3, 0.4) is 0 Å². The topological polar surface area (TPSA) is 68.4 Å². The summed E-state index contributed by atoms with van der Waals surface area (Å²) < 4.78 is 0. The highest BCUT2D eigenvalue weighted by atomic mass is 16.2. The Morgan fingerprint density at radius 2 is 1.90 bits per heavy atom. The summed E-state index contributed by atoms with van der Waals surface area (Å²) >= 11 is 0. The number of amides is 2. The summed E-state index contributed by atoms with van der Waals surface area (Å²) in [5, 5.41) is 4.33. The Morgan fingerprint density at radius 3 is 2.60 bits per heavy atom. The van der Waals surface area contributed by atoms with Crippen LogP contribution in [0.4, 0.5) is 0 Å². The summed E-state index contributed by atoms with van der Waals surface area (Å²) in [5.74, 6) is 0.526. The molecule has 3 heterocycles. The number of fused-ring (bicyclic) bond motifs is 1. The number of likely N-dealkylation sites (tertiary alicyclic amines) is 1. The van der Waals surface area contributed by atoms with Gasteiger partial charge in [-0.05, 0) is 43.2 Å². The lowest BCUT2D eigenvalue weighted by atomic mass is 9.80. The Morgan fingerprint density at radius 1 is 1.17 bits per heavy atom. The molecule has 6 heteroatoms. The second kappa shape index (κ2) is 8.42. The molecule has 2 fully saturated rings. The van der Waals surface area contributed by atoms with E-state index in [2.05, 4.69) is 60.4 Å². The first-order valence-corrected chi connectivity index (χ1v) is 11.3. The van der Waals surface area contributed by atoms with Gasteiger partial charge in [-0.15, -0.1) is 0 Å². The maximum atomic E-state index is 13.3. The fourth-order valence-corrected chi connectivity index (χ4v) is 5.14. The number of benzene rings is 1. The van der Waals surface area contributed by atoms with E-state index in [9.17, 15) is 9.59 Å². The number of hydrogen-bond donors (Lipinski definition) is 2. The summed E-state index contributed by atoms with van der Waals surface area (Å²) in [6.45, 7) is 9.42. The molecule has 2 amide bonds. The van der Waals surface area contributed by atoms with Crippen LogP contribution < -0.4 is 5.32 Å². The van der Waals surface area contributed by atoms with Gasteiger partial charge in [0.1, 0.15) is 11.6 Å². The second-order valence-corrected chi connectivity index (χ2v) is 9.31. The van der Waals surface area contributed by atoms with Gasteiger partial charge in [0.15, 0.2) is 0 Å². The van der Waals surface area contributed by atoms with E-state index >= 15 is 0 Å². The van der Waals surface area contributed by atoms with Crippen LogP contribution in [0.2, 0.25) is 0 Å². The number of H-pyrrole nitrogens is 1. The van der Waals surface area contributed by atoms with Crippen LogP contribution in [-0.2, 0) is 16.1 Å². The molecule has 30 heavy (non-hydrogen) atoms. The zero-order valence-corrected chi connectivity index (χ0v) is 18.4. The summed E-state index contributed by atoms with van der Waals surface area (Å²) in [7, 11) is 0. The number of nitrogens with one attached hydrogen (secondary N) is 2. The minimum atomic E-state index is -0.683. The highest BCUT2D eigenvalue weighted by molar-refractivity contribution is 6.00. The molecule has 2 saturated heterocycles. The molecule has 1 unspecified atom stereocenters. The summed E-state index contributed by atoms with van der Waals surface area (Å²) in [4.78, 5) is 34.2. The van der Waals surface area contributed by atoms with Gasteiger partial charge in [0.2, 0.25) is 11.8 Å². The average molecular weight is 411 g/mol. The monoisotopic (exact) mass is 410 g/mol. The van der Waals surface area contributed by atoms with Crippen molar-refractivity contribution in [2.24, 2.45) is 5.92 Å². The van der Waals surface area contributed by atoms with Crippen molar-refractivity contribution in [2.75, 3.05) is 19.6 Å². The minimum absolute atomic E-state index is 0.0490. The first kappa shape index (κ1) is 20.9. The van der Waals surface area contributed by atoms with Gasteiger partial charge in [-0.3, -0.25) is 14.5 Å². The molecule has 0 aliphatic carbocycles. The molecule has 1 atom stereocenters. The fraction of sp³-hybridized carbons (Fsp3) is 0.583. The number of carbonyl (C=O) groups is 2. The molecule has 2 aliphatic heterocycles. The molecular weight excluding hydrogens is 376 g/mol. The molecule has 4 rings (SSSR count). The van der Waals surface area contributed by atoms with Crippen molar-refractivity contribution in [2.45, 2.75) is 64.6 Å². The number of piperazine rings is 1. The van der Waals surface area contributed by atoms with Crippen molar-refractivity contribution in [1.29, 1.82) is 0 Å². The Bertz CT molecular complexity index is 911. The van der Waals surface area contributed by atoms with Gasteiger partial charge in [-0.2, -0.15) is 0 Å². The Hall–Kier alpha value is -2.34. The summed E-state index contributed by atoms with van der Waals surface area (Å²) in [6, 6.07) is 7.98. The van der Waals surface area contributed by atoms with E-state index in [1.165, 1.54) is 10.9 Å². The van der Waals surface area contributed by atoms with Crippen molar-refractivity contribution >= 4 is 22.7 Å². The molecule has 162 valence electrons. The predicted octanol–water partition coefficient (Wildman–Crippen LogP) is 3.29. The van der Waals surface area contributed by atoms with Crippen LogP contribution in [0.1, 0.15) is 52.0 Å². The van der Waals surface area contributed by atoms with Crippen molar-refractivity contribution in [3.05, 3.63) is 36.0 Å². The number of piperidine rings is 1. The number of para-hydroxylation sites is 1. The van der Waals surface area contributed by atoms with Gasteiger partial charge in [0.05, 0.1) is 0 Å². The molecular formula is C24H34N4O2. The number of nitrogens with zero attached hydrogens (tertiary/aromatic N) is 2. The zero-order chi connectivity index (χ0) is 21.3. The Kier molecular flexibility index (Phi) is 5.87. The van der Waals surface area contributed by atoms with Gasteiger partial charge in [0, 0.05) is 43.3 Å². The molecule has 1 aromatic carbocycles. The predicted molar refractivity (Wildman–Crippen MR) is 119 cm³/mol. The maximum absolute atomic E-state index is 13.3. The normalized spacial score (nSPS) is 22.3. The lowest BCUT2D eigenvalue weighted by molar-refractivity contribution is -0.161. The smallest absolute Gasteiger partial charge is 0.246 e. The first-order valence-electron chi connectivity index (χ1n) is 11.3. The molecule has 0 radical (unpaired) electrons. The van der Waals surface area contributed by atoms with E-state index < -0.39 is 5.54 Å². The number of aromatic nitrogens is 1. The molecule has 1 spiro atoms. The summed E-state index contributed by atoms with van der Waals surface area (Å²) in [6.07, 6.45) is 5.05. The SMILES string of the molecule is CCCN1C(=O)C(CC(C)C)NC(=O)C12CCN(Cc1c[nH]c3ccccc13)CC2. The van der Waals surface area contributed by atoms with Gasteiger partial charge in [-0.1, -0.05) is 39.0 Å². The van der Waals surface area contributed by atoms with Crippen molar-refractivity contribution in [3.8, 4) is 0 Å². The standard InChI is InChI=1S/C24H34N4O2/c1-4-11-28-22(29)21(14-17(2)3)26-23(30)24(28)9-12-27(13-10-24)16-18-15-25-20-8-6-5-7-19(18)20/h5-8,15,17,21,25H,4,9-14,16H2,1-3H3,(H,26,30). The third-order valence-electron chi connectivity index (χ3n) is 6.72. The molecule has 1 aromatic heterocycles. The lowest BCUT2D eigenvalue weighted by Gasteiger charge is -2.51. The average Bonchev–Trinajstić information content (AvgIpc) is 3.13. The van der Waals surface area contributed by atoms with E-state index in [4.69, 9.17) is 0 Å². The van der Waals surface area contributed by atoms with Crippen LogP contribution >= 0.6 is 0 Å². The first-order chi connectivity index (χ1) is 14.4. The third kappa shape index (κ3) is 3.73. The van der Waals surface area contributed by atoms with Gasteiger partial charge < -0.3 is 15.2 Å². The van der Waals surface area contributed by atoms with E-state index in [1.807, 2.05) is 11.0 Å².